The molecule has 2 N–H and O–H groups in total. The lowest BCUT2D eigenvalue weighted by Gasteiger charge is -2.37. The van der Waals surface area contributed by atoms with Gasteiger partial charge in [0.05, 0.1) is 36.0 Å². The van der Waals surface area contributed by atoms with E-state index in [9.17, 15) is 18.4 Å². The molecule has 3 aromatic heterocycles. The SMILES string of the molecule is CCOc1cc(-c2ccc(N3CC(C(F)(F)F)C[C@@H](N)C3)nc2)c2c(C#N)cnn2c1. The number of halogens is 3. The molecule has 1 saturated heterocycles. The number of hydrogen-bond acceptors (Lipinski definition) is 6. The molecule has 162 valence electrons. The van der Waals surface area contributed by atoms with Crippen LogP contribution in [0.3, 0.4) is 0 Å². The first-order valence-electron chi connectivity index (χ1n) is 9.88. The van der Waals surface area contributed by atoms with Gasteiger partial charge in [0, 0.05) is 36.5 Å². The molecule has 0 bridgehead atoms. The van der Waals surface area contributed by atoms with Crippen molar-refractivity contribution >= 4 is 11.3 Å². The van der Waals surface area contributed by atoms with Crippen LogP contribution in [0.15, 0.2) is 36.8 Å². The molecule has 3 aromatic rings. The molecule has 0 aromatic carbocycles. The van der Waals surface area contributed by atoms with E-state index < -0.39 is 18.1 Å². The standard InChI is InChI=1S/C21H21F3N6O/c1-2-31-17-6-18(20-14(7-25)9-28-30(20)12-17)13-3-4-19(27-8-13)29-10-15(21(22,23)24)5-16(26)11-29/h3-4,6,8-9,12,15-16H,2,5,10-11,26H2,1H3/t15?,16-/m1/s1. The Balaban J connectivity index is 1.69. The monoisotopic (exact) mass is 430 g/mol. The minimum absolute atomic E-state index is 0.0849. The van der Waals surface area contributed by atoms with Crippen molar-refractivity contribution in [3.63, 3.8) is 0 Å². The normalized spacial score (nSPS) is 19.4. The number of anilines is 1. The molecule has 10 heteroatoms. The summed E-state index contributed by atoms with van der Waals surface area (Å²) in [6.07, 6.45) is 0.368. The molecular weight excluding hydrogens is 409 g/mol. The number of piperidine rings is 1. The lowest BCUT2D eigenvalue weighted by Crippen LogP contribution is -2.51. The van der Waals surface area contributed by atoms with E-state index in [1.807, 2.05) is 6.92 Å². The summed E-state index contributed by atoms with van der Waals surface area (Å²) in [5.74, 6) is -0.471. The van der Waals surface area contributed by atoms with Gasteiger partial charge >= 0.3 is 6.18 Å². The van der Waals surface area contributed by atoms with E-state index in [2.05, 4.69) is 16.2 Å². The van der Waals surface area contributed by atoms with Crippen molar-refractivity contribution in [2.45, 2.75) is 25.6 Å². The van der Waals surface area contributed by atoms with Crippen LogP contribution in [0.2, 0.25) is 0 Å². The summed E-state index contributed by atoms with van der Waals surface area (Å²) in [4.78, 5) is 5.97. The number of pyridine rings is 2. The van der Waals surface area contributed by atoms with Gasteiger partial charge in [-0.3, -0.25) is 0 Å². The van der Waals surface area contributed by atoms with Gasteiger partial charge in [-0.15, -0.1) is 0 Å². The Bertz CT molecular complexity index is 1120. The number of nitrogens with zero attached hydrogens (tertiary/aromatic N) is 5. The van der Waals surface area contributed by atoms with Crippen molar-refractivity contribution in [2.24, 2.45) is 11.7 Å². The Labute approximate surface area is 176 Å². The Morgan fingerprint density at radius 3 is 2.74 bits per heavy atom. The molecule has 31 heavy (non-hydrogen) atoms. The van der Waals surface area contributed by atoms with Gasteiger partial charge in [-0.05, 0) is 31.5 Å². The minimum Gasteiger partial charge on any atom is -0.492 e. The second kappa shape index (κ2) is 8.07. The number of ether oxygens (including phenoxy) is 1. The molecule has 1 aliphatic heterocycles. The molecule has 2 atom stereocenters. The van der Waals surface area contributed by atoms with Gasteiger partial charge in [0.25, 0.3) is 0 Å². The van der Waals surface area contributed by atoms with E-state index in [0.717, 1.165) is 0 Å². The van der Waals surface area contributed by atoms with Crippen molar-refractivity contribution in [1.29, 1.82) is 5.26 Å². The van der Waals surface area contributed by atoms with Crippen LogP contribution in [-0.2, 0) is 0 Å². The molecule has 0 aliphatic carbocycles. The van der Waals surface area contributed by atoms with Gasteiger partial charge in [-0.25, -0.2) is 9.50 Å². The van der Waals surface area contributed by atoms with Crippen LogP contribution in [0.5, 0.6) is 5.75 Å². The van der Waals surface area contributed by atoms with E-state index in [4.69, 9.17) is 10.5 Å². The van der Waals surface area contributed by atoms with Crippen LogP contribution in [0, 0.1) is 17.2 Å². The summed E-state index contributed by atoms with van der Waals surface area (Å²) in [6, 6.07) is 6.79. The van der Waals surface area contributed by atoms with Crippen LogP contribution < -0.4 is 15.4 Å². The van der Waals surface area contributed by atoms with Crippen molar-refractivity contribution in [2.75, 3.05) is 24.6 Å². The van der Waals surface area contributed by atoms with Crippen LogP contribution in [-0.4, -0.2) is 46.5 Å². The maximum atomic E-state index is 13.2. The molecule has 4 heterocycles. The van der Waals surface area contributed by atoms with Crippen molar-refractivity contribution in [3.8, 4) is 22.9 Å². The fraction of sp³-hybridized carbons (Fsp3) is 0.381. The van der Waals surface area contributed by atoms with E-state index in [0.29, 0.717) is 46.9 Å². The van der Waals surface area contributed by atoms with E-state index in [-0.39, 0.29) is 13.0 Å². The first-order valence-corrected chi connectivity index (χ1v) is 9.88. The van der Waals surface area contributed by atoms with Gasteiger partial charge in [-0.1, -0.05) is 0 Å². The Kier molecular flexibility index (Phi) is 5.45. The van der Waals surface area contributed by atoms with Gasteiger partial charge < -0.3 is 15.4 Å². The third-order valence-corrected chi connectivity index (χ3v) is 5.35. The Morgan fingerprint density at radius 1 is 1.29 bits per heavy atom. The maximum absolute atomic E-state index is 13.2. The largest absolute Gasteiger partial charge is 0.492 e. The van der Waals surface area contributed by atoms with Crippen molar-refractivity contribution < 1.29 is 17.9 Å². The van der Waals surface area contributed by atoms with Gasteiger partial charge in [0.1, 0.15) is 17.6 Å². The van der Waals surface area contributed by atoms with E-state index in [1.54, 1.807) is 40.0 Å². The lowest BCUT2D eigenvalue weighted by molar-refractivity contribution is -0.177. The number of rotatable bonds is 4. The highest BCUT2D eigenvalue weighted by molar-refractivity contribution is 5.85. The fourth-order valence-electron chi connectivity index (χ4n) is 3.94. The van der Waals surface area contributed by atoms with Crippen molar-refractivity contribution in [3.05, 3.63) is 42.4 Å². The third-order valence-electron chi connectivity index (χ3n) is 5.35. The molecule has 0 radical (unpaired) electrons. The van der Waals surface area contributed by atoms with Crippen molar-refractivity contribution in [1.82, 2.24) is 14.6 Å². The first kappa shape index (κ1) is 20.9. The number of hydrogen-bond donors (Lipinski definition) is 1. The van der Waals surface area contributed by atoms with E-state index >= 15 is 0 Å². The number of fused-ring (bicyclic) bond motifs is 1. The zero-order chi connectivity index (χ0) is 22.2. The Morgan fingerprint density at radius 2 is 2.10 bits per heavy atom. The molecular formula is C21H21F3N6O. The average molecular weight is 430 g/mol. The molecule has 1 unspecified atom stereocenters. The zero-order valence-electron chi connectivity index (χ0n) is 16.8. The predicted octanol–water partition coefficient (Wildman–Crippen LogP) is 3.38. The first-order chi connectivity index (χ1) is 14.8. The minimum atomic E-state index is -4.29. The van der Waals surface area contributed by atoms with Gasteiger partial charge in [-0.2, -0.15) is 23.5 Å². The van der Waals surface area contributed by atoms with Crippen LogP contribution in [0.25, 0.3) is 16.6 Å². The summed E-state index contributed by atoms with van der Waals surface area (Å²) in [5, 5.41) is 13.7. The summed E-state index contributed by atoms with van der Waals surface area (Å²) < 4.78 is 46.9. The number of aromatic nitrogens is 3. The molecule has 1 fully saturated rings. The summed E-state index contributed by atoms with van der Waals surface area (Å²) in [5.41, 5.74) is 8.28. The molecule has 0 saturated carbocycles. The average Bonchev–Trinajstić information content (AvgIpc) is 3.15. The molecule has 1 aliphatic rings. The summed E-state index contributed by atoms with van der Waals surface area (Å²) in [6.45, 7) is 2.46. The highest BCUT2D eigenvalue weighted by atomic mass is 19.4. The maximum Gasteiger partial charge on any atom is 0.393 e. The van der Waals surface area contributed by atoms with Gasteiger partial charge in [0.15, 0.2) is 0 Å². The van der Waals surface area contributed by atoms with Gasteiger partial charge in [0.2, 0.25) is 0 Å². The highest BCUT2D eigenvalue weighted by Crippen LogP contribution is 2.35. The third kappa shape index (κ3) is 4.14. The zero-order valence-corrected chi connectivity index (χ0v) is 16.8. The summed E-state index contributed by atoms with van der Waals surface area (Å²) >= 11 is 0. The molecule has 4 rings (SSSR count). The van der Waals surface area contributed by atoms with Crippen LogP contribution in [0.4, 0.5) is 19.0 Å². The van der Waals surface area contributed by atoms with E-state index in [1.165, 1.54) is 6.20 Å². The quantitative estimate of drug-likeness (QED) is 0.682. The number of alkyl halides is 3. The second-order valence-electron chi connectivity index (χ2n) is 7.53. The number of nitriles is 1. The highest BCUT2D eigenvalue weighted by Gasteiger charge is 2.44. The summed E-state index contributed by atoms with van der Waals surface area (Å²) in [7, 11) is 0. The topological polar surface area (TPSA) is 92.5 Å². The number of nitrogens with two attached hydrogens (primary N) is 1. The molecule has 0 amide bonds. The smallest absolute Gasteiger partial charge is 0.393 e. The lowest BCUT2D eigenvalue weighted by atomic mass is 9.94. The van der Waals surface area contributed by atoms with Crippen LogP contribution >= 0.6 is 0 Å². The fourth-order valence-corrected chi connectivity index (χ4v) is 3.94. The van der Waals surface area contributed by atoms with Crippen LogP contribution in [0.1, 0.15) is 18.9 Å². The predicted molar refractivity (Wildman–Crippen MR) is 109 cm³/mol. The Hall–Kier alpha value is -3.32. The second-order valence-corrected chi connectivity index (χ2v) is 7.53. The molecule has 0 spiro atoms. The molecule has 7 nitrogen and oxygen atoms in total.